The summed E-state index contributed by atoms with van der Waals surface area (Å²) >= 11 is 0. The number of ether oxygens (including phenoxy) is 9. The number of aliphatic hydroxyl groups excluding tert-OH is 3. The first-order chi connectivity index (χ1) is 31.3. The van der Waals surface area contributed by atoms with Gasteiger partial charge in [-0.25, -0.2) is 4.79 Å². The largest absolute Gasteiger partial charge is 0.508 e. The zero-order valence-electron chi connectivity index (χ0n) is 39.7. The number of hydrogen-bond donors (Lipinski definition) is 5. The summed E-state index contributed by atoms with van der Waals surface area (Å²) in [5.74, 6) is -0.748. The van der Waals surface area contributed by atoms with Crippen LogP contribution in [0.25, 0.3) is 0 Å². The van der Waals surface area contributed by atoms with Gasteiger partial charge in [0.15, 0.2) is 24.7 Å². The highest BCUT2D eigenvalue weighted by Crippen LogP contribution is 2.70. The predicted octanol–water partition coefficient (Wildman–Crippen LogP) is 5.33. The van der Waals surface area contributed by atoms with Gasteiger partial charge in [0.1, 0.15) is 30.2 Å². The number of aromatic hydroxyl groups is 1. The highest BCUT2D eigenvalue weighted by atomic mass is 16.8. The van der Waals surface area contributed by atoms with E-state index in [0.717, 1.165) is 37.7 Å². The number of fused-ring (bicyclic) bond motifs is 6. The van der Waals surface area contributed by atoms with Crippen LogP contribution >= 0.6 is 0 Å². The molecule has 0 bridgehead atoms. The molecule has 9 aliphatic rings. The molecule has 1 aromatic carbocycles. The van der Waals surface area contributed by atoms with Crippen LogP contribution in [0.15, 0.2) is 35.9 Å². The highest BCUT2D eigenvalue weighted by Gasteiger charge is 2.71. The minimum Gasteiger partial charge on any atom is -0.508 e. The summed E-state index contributed by atoms with van der Waals surface area (Å²) in [5.41, 5.74) is -0.583. The summed E-state index contributed by atoms with van der Waals surface area (Å²) in [5, 5.41) is 58.5. The number of aliphatic hydroxyl groups is 4. The average Bonchev–Trinajstić information content (AvgIpc) is 3.87. The van der Waals surface area contributed by atoms with Crippen LogP contribution in [0.3, 0.4) is 0 Å². The van der Waals surface area contributed by atoms with E-state index in [0.29, 0.717) is 43.6 Å². The third-order valence-electron chi connectivity index (χ3n) is 18.3. The second kappa shape index (κ2) is 17.6. The maximum absolute atomic E-state index is 13.0. The normalized spacial score (nSPS) is 51.0. The summed E-state index contributed by atoms with van der Waals surface area (Å²) in [6.07, 6.45) is 0.706. The van der Waals surface area contributed by atoms with E-state index in [2.05, 4.69) is 6.92 Å². The second-order valence-corrected chi connectivity index (χ2v) is 22.5. The predicted molar refractivity (Wildman–Crippen MR) is 235 cm³/mol. The van der Waals surface area contributed by atoms with Crippen molar-refractivity contribution in [2.45, 2.75) is 229 Å². The molecule has 5 heterocycles. The van der Waals surface area contributed by atoms with Crippen LogP contribution in [0, 0.1) is 34.5 Å². The Bertz CT molecular complexity index is 1950. The Morgan fingerprint density at radius 2 is 1.38 bits per heavy atom. The van der Waals surface area contributed by atoms with E-state index in [4.69, 9.17) is 42.6 Å². The molecular weight excluding hydrogens is 853 g/mol. The molecule has 5 N–H and O–H groups in total. The van der Waals surface area contributed by atoms with Crippen molar-refractivity contribution < 1.29 is 73.0 Å². The van der Waals surface area contributed by atoms with Crippen LogP contribution in [-0.4, -0.2) is 135 Å². The first-order valence-electron chi connectivity index (χ1n) is 25.0. The maximum Gasteiger partial charge on any atom is 0.331 e. The molecule has 15 heteroatoms. The standard InChI is InChI=1S/C51H74O15/c1-25-45(63-43-23-37(54)46(26(2)59-43)64-44-24-39-47(27(3)60-44)66-48(4,5)65-39)36(53)22-42(58-25)61-30-14-16-49(6)29(19-30)12-13-33-34(49)21-40(55)50(7)32(15-17-51(33,50)57)31-20-41(56)62-38(31)18-28-10-8-9-11-35(28)52/h8-11,20,25-27,29-30,32-34,36-40,42-47,52-55,57H,12-19,21-24H2,1-7H3/t25-,26-,27-,29-,30+,32-,33-,34+,36+,37+,38?,39+,40-,42?,43?,44?,45-,46-,47-,49+,50+,51+/m1/s1. The van der Waals surface area contributed by atoms with Crippen molar-refractivity contribution in [2.24, 2.45) is 34.5 Å². The summed E-state index contributed by atoms with van der Waals surface area (Å²) in [6, 6.07) is 7.08. The molecule has 8 fully saturated rings. The molecule has 5 aliphatic heterocycles. The summed E-state index contributed by atoms with van der Waals surface area (Å²) < 4.78 is 55.9. The molecule has 0 radical (unpaired) electrons. The topological polar surface area (TPSA) is 201 Å². The van der Waals surface area contributed by atoms with Crippen LogP contribution < -0.4 is 0 Å². The van der Waals surface area contributed by atoms with Crippen molar-refractivity contribution in [2.75, 3.05) is 0 Å². The lowest BCUT2D eigenvalue weighted by Gasteiger charge is -2.65. The Morgan fingerprint density at radius 1 is 0.727 bits per heavy atom. The Morgan fingerprint density at radius 3 is 2.06 bits per heavy atom. The molecule has 0 aromatic heterocycles. The van der Waals surface area contributed by atoms with Gasteiger partial charge in [-0.15, -0.1) is 0 Å². The van der Waals surface area contributed by atoms with E-state index >= 15 is 0 Å². The molecule has 66 heavy (non-hydrogen) atoms. The van der Waals surface area contributed by atoms with Gasteiger partial charge in [0.2, 0.25) is 0 Å². The quantitative estimate of drug-likeness (QED) is 0.157. The van der Waals surface area contributed by atoms with Gasteiger partial charge in [0.05, 0.1) is 54.4 Å². The monoisotopic (exact) mass is 927 g/mol. The van der Waals surface area contributed by atoms with Crippen LogP contribution in [0.1, 0.15) is 125 Å². The van der Waals surface area contributed by atoms with E-state index < -0.39 is 90.5 Å². The number of hydrogen-bond acceptors (Lipinski definition) is 15. The fourth-order valence-corrected chi connectivity index (χ4v) is 14.9. The first-order valence-corrected chi connectivity index (χ1v) is 25.0. The van der Waals surface area contributed by atoms with Crippen molar-refractivity contribution in [1.82, 2.24) is 0 Å². The number of phenolic OH excluding ortho intramolecular Hbond substituents is 1. The van der Waals surface area contributed by atoms with Gasteiger partial charge in [-0.2, -0.15) is 0 Å². The van der Waals surface area contributed by atoms with Crippen LogP contribution in [0.2, 0.25) is 0 Å². The fraction of sp³-hybridized carbons (Fsp3) is 0.824. The average molecular weight is 927 g/mol. The second-order valence-electron chi connectivity index (χ2n) is 22.5. The van der Waals surface area contributed by atoms with Gasteiger partial charge < -0.3 is 68.2 Å². The van der Waals surface area contributed by atoms with Gasteiger partial charge in [-0.1, -0.05) is 32.0 Å². The molecule has 0 amide bonds. The van der Waals surface area contributed by atoms with E-state index in [1.165, 1.54) is 0 Å². The third kappa shape index (κ3) is 8.20. The number of phenols is 1. The Kier molecular flexibility index (Phi) is 12.6. The lowest BCUT2D eigenvalue weighted by atomic mass is 9.42. The lowest BCUT2D eigenvalue weighted by molar-refractivity contribution is -0.334. The van der Waals surface area contributed by atoms with Crippen LogP contribution in [-0.2, 0) is 53.8 Å². The number of cyclic esters (lactones) is 1. The van der Waals surface area contributed by atoms with Gasteiger partial charge in [-0.3, -0.25) is 0 Å². The van der Waals surface area contributed by atoms with Crippen LogP contribution in [0.5, 0.6) is 5.75 Å². The molecule has 368 valence electrons. The van der Waals surface area contributed by atoms with Crippen molar-refractivity contribution in [1.29, 1.82) is 0 Å². The Balaban J connectivity index is 0.724. The van der Waals surface area contributed by atoms with Gasteiger partial charge in [0.25, 0.3) is 0 Å². The molecule has 0 spiro atoms. The number of benzene rings is 1. The van der Waals surface area contributed by atoms with Crippen molar-refractivity contribution >= 4 is 5.97 Å². The number of carbonyl (C=O) groups excluding carboxylic acids is 1. The lowest BCUT2D eigenvalue weighted by Crippen LogP contribution is -2.67. The fourth-order valence-electron chi connectivity index (χ4n) is 14.9. The third-order valence-corrected chi connectivity index (χ3v) is 18.3. The van der Waals surface area contributed by atoms with E-state index in [9.17, 15) is 30.3 Å². The molecule has 4 saturated heterocycles. The summed E-state index contributed by atoms with van der Waals surface area (Å²) in [6.45, 7) is 13.8. The molecule has 1 aromatic rings. The molecule has 10 rings (SSSR count). The Labute approximate surface area is 388 Å². The number of rotatable bonds is 9. The van der Waals surface area contributed by atoms with Crippen molar-refractivity contribution in [3.63, 3.8) is 0 Å². The smallest absolute Gasteiger partial charge is 0.331 e. The van der Waals surface area contributed by atoms with Gasteiger partial charge in [-0.05, 0) is 132 Å². The van der Waals surface area contributed by atoms with E-state index in [1.807, 2.05) is 53.7 Å². The van der Waals surface area contributed by atoms with Gasteiger partial charge >= 0.3 is 5.97 Å². The number of para-hydroxylation sites is 1. The summed E-state index contributed by atoms with van der Waals surface area (Å²) in [4.78, 5) is 12.8. The first kappa shape index (κ1) is 47.4. The molecule has 4 aliphatic carbocycles. The molecule has 4 unspecified atom stereocenters. The van der Waals surface area contributed by atoms with Crippen LogP contribution in [0.4, 0.5) is 0 Å². The van der Waals surface area contributed by atoms with E-state index in [1.54, 1.807) is 18.2 Å². The van der Waals surface area contributed by atoms with Gasteiger partial charge in [0, 0.05) is 37.2 Å². The maximum atomic E-state index is 13.0. The SMILES string of the molecule is C[C@H]1OC(O[C@H]2[C@@H](O)CC(O[C@H]3[C@@H](O)CC(O[C@H]4CC[C@@]5(C)[C@H](CC[C@@H]6[C@@H]5C[C@@H](O)[C@]5(C)[C@@H](C7=CC(=O)OC7Cc7ccccc7O)CC[C@]65O)C4)O[C@@H]3C)O[C@@H]2C)C[C@@H]2OC(C)(C)O[C@@H]21. The number of carbonyl (C=O) groups is 1. The van der Waals surface area contributed by atoms with E-state index in [-0.39, 0.29) is 66.2 Å². The zero-order chi connectivity index (χ0) is 46.7. The van der Waals surface area contributed by atoms with Crippen molar-refractivity contribution in [3.8, 4) is 5.75 Å². The zero-order valence-corrected chi connectivity index (χ0v) is 39.7. The molecule has 15 nitrogen and oxygen atoms in total. The molecule has 22 atom stereocenters. The van der Waals surface area contributed by atoms with Crippen molar-refractivity contribution in [3.05, 3.63) is 41.5 Å². The highest BCUT2D eigenvalue weighted by molar-refractivity contribution is 5.86. The summed E-state index contributed by atoms with van der Waals surface area (Å²) in [7, 11) is 0. The minimum atomic E-state index is -1.12. The molecular formula is C51H74O15. The number of esters is 1. The minimum absolute atomic E-state index is 0.00280. The molecule has 4 saturated carbocycles. The Hall–Kier alpha value is -2.25.